The summed E-state index contributed by atoms with van der Waals surface area (Å²) in [6, 6.07) is -1.48. The third-order valence-electron chi connectivity index (χ3n) is 2.16. The molecule has 14 heteroatoms. The van der Waals surface area contributed by atoms with Crippen LogP contribution in [0.3, 0.4) is 0 Å². The van der Waals surface area contributed by atoms with Gasteiger partial charge < -0.3 is 4.74 Å². The fraction of sp³-hybridized carbons (Fsp3) is 1.00. The van der Waals surface area contributed by atoms with Crippen LogP contribution in [-0.2, 0) is 4.74 Å². The van der Waals surface area contributed by atoms with Crippen molar-refractivity contribution in [1.29, 1.82) is 0 Å². The summed E-state index contributed by atoms with van der Waals surface area (Å²) in [5.41, 5.74) is 24.9. The van der Waals surface area contributed by atoms with E-state index in [4.69, 9.17) is 21.3 Å². The molecule has 0 aromatic carbocycles. The second-order valence-corrected chi connectivity index (χ2v) is 3.75. The first-order chi connectivity index (χ1) is 10.0. The van der Waals surface area contributed by atoms with Gasteiger partial charge in [-0.05, 0) is 16.6 Å². The molecule has 0 rings (SSSR count). The molecule has 0 aromatic rings. The largest absolute Gasteiger partial charge is 0.381 e. The molecular formula is C7H13N11O3. The van der Waals surface area contributed by atoms with Gasteiger partial charge in [0.2, 0.25) is 0 Å². The van der Waals surface area contributed by atoms with Crippen molar-refractivity contribution < 1.29 is 9.77 Å². The Kier molecular flexibility index (Phi) is 9.44. The monoisotopic (exact) mass is 299 g/mol. The van der Waals surface area contributed by atoms with Crippen molar-refractivity contribution in [1.82, 2.24) is 5.01 Å². The first-order valence-corrected chi connectivity index (χ1v) is 5.57. The second kappa shape index (κ2) is 11.0. The van der Waals surface area contributed by atoms with E-state index in [-0.39, 0.29) is 26.3 Å². The van der Waals surface area contributed by atoms with Gasteiger partial charge in [-0.15, -0.1) is 5.01 Å². The van der Waals surface area contributed by atoms with Gasteiger partial charge in [-0.1, -0.05) is 15.3 Å². The molecule has 0 spiro atoms. The Balaban J connectivity index is 4.40. The highest BCUT2D eigenvalue weighted by Crippen LogP contribution is 2.01. The van der Waals surface area contributed by atoms with Gasteiger partial charge in [-0.2, -0.15) is 0 Å². The highest BCUT2D eigenvalue weighted by atomic mass is 16.7. The normalized spacial score (nSPS) is 12.0. The zero-order chi connectivity index (χ0) is 16.1. The van der Waals surface area contributed by atoms with E-state index in [1.54, 1.807) is 0 Å². The molecule has 114 valence electrons. The Hall–Kier alpha value is -2.91. The standard InChI is InChI=1S/C7H13N11O3/c1-17(18(19)20)3-7(13-16-10)5-21-4-6(12-15-9)2-11-14-8/h6-7H,2-5H2,1H3. The number of hydrogen-bond acceptors (Lipinski definition) is 6. The van der Waals surface area contributed by atoms with Crippen molar-refractivity contribution in [2.24, 2.45) is 15.3 Å². The number of rotatable bonds is 11. The minimum atomic E-state index is -0.781. The van der Waals surface area contributed by atoms with Crippen molar-refractivity contribution >= 4 is 0 Å². The Morgan fingerprint density at radius 3 is 2.29 bits per heavy atom. The van der Waals surface area contributed by atoms with Gasteiger partial charge in [0.15, 0.2) is 5.03 Å². The number of likely N-dealkylation sites (N-methyl/N-ethyl adjacent to an activating group) is 1. The summed E-state index contributed by atoms with van der Waals surface area (Å²) in [5.74, 6) is 0. The maximum Gasteiger partial charge on any atom is 0.159 e. The van der Waals surface area contributed by atoms with Crippen LogP contribution < -0.4 is 0 Å². The summed E-state index contributed by atoms with van der Waals surface area (Å²) in [6.45, 7) is -0.389. The van der Waals surface area contributed by atoms with Crippen LogP contribution in [0, 0.1) is 10.1 Å². The van der Waals surface area contributed by atoms with Crippen LogP contribution in [0.2, 0.25) is 0 Å². The molecule has 14 nitrogen and oxygen atoms in total. The van der Waals surface area contributed by atoms with Crippen molar-refractivity contribution in [2.75, 3.05) is 33.4 Å². The fourth-order valence-corrected chi connectivity index (χ4v) is 1.23. The lowest BCUT2D eigenvalue weighted by atomic mass is 10.3. The van der Waals surface area contributed by atoms with Crippen molar-refractivity contribution in [3.05, 3.63) is 41.4 Å². The van der Waals surface area contributed by atoms with Crippen LogP contribution in [0.25, 0.3) is 31.3 Å². The quantitative estimate of drug-likeness (QED) is 0.184. The smallest absolute Gasteiger partial charge is 0.159 e. The van der Waals surface area contributed by atoms with Crippen LogP contribution in [0.1, 0.15) is 0 Å². The second-order valence-electron chi connectivity index (χ2n) is 3.75. The predicted octanol–water partition coefficient (Wildman–Crippen LogP) is 1.79. The number of hydrogen-bond donors (Lipinski definition) is 0. The van der Waals surface area contributed by atoms with E-state index in [1.165, 1.54) is 7.05 Å². The van der Waals surface area contributed by atoms with E-state index in [9.17, 15) is 10.1 Å². The molecule has 0 saturated heterocycles. The van der Waals surface area contributed by atoms with Gasteiger partial charge in [-0.25, -0.2) is 10.1 Å². The highest BCUT2D eigenvalue weighted by molar-refractivity contribution is 4.72. The summed E-state index contributed by atoms with van der Waals surface area (Å²) < 4.78 is 5.18. The van der Waals surface area contributed by atoms with Gasteiger partial charge in [0, 0.05) is 21.3 Å². The van der Waals surface area contributed by atoms with Crippen LogP contribution in [0.4, 0.5) is 0 Å². The summed E-state index contributed by atoms with van der Waals surface area (Å²) >= 11 is 0. The zero-order valence-corrected chi connectivity index (χ0v) is 11.1. The molecule has 0 radical (unpaired) electrons. The lowest BCUT2D eigenvalue weighted by molar-refractivity contribution is -0.649. The lowest BCUT2D eigenvalue weighted by Crippen LogP contribution is -2.35. The molecule has 0 heterocycles. The average molecular weight is 299 g/mol. The van der Waals surface area contributed by atoms with E-state index < -0.39 is 17.1 Å². The predicted molar refractivity (Wildman–Crippen MR) is 70.3 cm³/mol. The number of nitrogens with zero attached hydrogens (tertiary/aromatic N) is 11. The van der Waals surface area contributed by atoms with E-state index in [2.05, 4.69) is 30.1 Å². The fourth-order valence-electron chi connectivity index (χ4n) is 1.23. The topological polar surface area (TPSA) is 202 Å². The van der Waals surface area contributed by atoms with E-state index in [0.29, 0.717) is 0 Å². The molecule has 0 aliphatic heterocycles. The first-order valence-electron chi connectivity index (χ1n) is 5.57. The molecule has 0 aliphatic rings. The maximum absolute atomic E-state index is 10.5. The average Bonchev–Trinajstić information content (AvgIpc) is 2.44. The molecule has 21 heavy (non-hydrogen) atoms. The lowest BCUT2D eigenvalue weighted by Gasteiger charge is -2.16. The van der Waals surface area contributed by atoms with Crippen LogP contribution in [0.5, 0.6) is 0 Å². The van der Waals surface area contributed by atoms with Crippen LogP contribution in [0.15, 0.2) is 15.3 Å². The third-order valence-corrected chi connectivity index (χ3v) is 2.16. The molecule has 2 atom stereocenters. The number of hydrazine groups is 1. The summed E-state index contributed by atoms with van der Waals surface area (Å²) in [4.78, 5) is 18.2. The van der Waals surface area contributed by atoms with E-state index >= 15 is 0 Å². The Bertz CT molecular complexity index is 476. The van der Waals surface area contributed by atoms with E-state index in [1.807, 2.05) is 0 Å². The molecule has 0 fully saturated rings. The van der Waals surface area contributed by atoms with Crippen LogP contribution >= 0.6 is 0 Å². The summed E-state index contributed by atoms with van der Waals surface area (Å²) in [6.07, 6.45) is 0. The number of ether oxygens (including phenoxy) is 1. The maximum atomic E-state index is 10.5. The molecule has 0 amide bonds. The van der Waals surface area contributed by atoms with Crippen molar-refractivity contribution in [3.63, 3.8) is 0 Å². The summed E-state index contributed by atoms with van der Waals surface area (Å²) in [5, 5.41) is 20.6. The minimum Gasteiger partial charge on any atom is -0.381 e. The Morgan fingerprint density at radius 2 is 1.76 bits per heavy atom. The Labute approximate surface area is 118 Å². The highest BCUT2D eigenvalue weighted by Gasteiger charge is 2.16. The van der Waals surface area contributed by atoms with Gasteiger partial charge in [-0.3, -0.25) is 0 Å². The first kappa shape index (κ1) is 18.1. The molecule has 0 aliphatic carbocycles. The molecule has 2 unspecified atom stereocenters. The Morgan fingerprint density at radius 1 is 1.19 bits per heavy atom. The zero-order valence-electron chi connectivity index (χ0n) is 11.1. The van der Waals surface area contributed by atoms with Gasteiger partial charge >= 0.3 is 0 Å². The van der Waals surface area contributed by atoms with Crippen molar-refractivity contribution in [2.45, 2.75) is 12.1 Å². The van der Waals surface area contributed by atoms with Crippen molar-refractivity contribution in [3.8, 4) is 0 Å². The van der Waals surface area contributed by atoms with Gasteiger partial charge in [0.1, 0.15) is 0 Å². The third kappa shape index (κ3) is 8.75. The molecular weight excluding hydrogens is 286 g/mol. The van der Waals surface area contributed by atoms with Gasteiger partial charge in [0.05, 0.1) is 38.9 Å². The van der Waals surface area contributed by atoms with E-state index in [0.717, 1.165) is 5.01 Å². The van der Waals surface area contributed by atoms with Crippen LogP contribution in [-0.4, -0.2) is 55.5 Å². The van der Waals surface area contributed by atoms with Gasteiger partial charge in [0.25, 0.3) is 0 Å². The molecule has 0 N–H and O–H groups in total. The minimum absolute atomic E-state index is 0.0668. The SMILES string of the molecule is CN(CC(COCC(CN=[N+]=[N-])N=[N+]=[N-])N=[N+]=[N-])[N+](=O)[O-]. The summed E-state index contributed by atoms with van der Waals surface area (Å²) in [7, 11) is 1.23. The number of azide groups is 3. The number of nitro groups is 1. The molecule has 0 bridgehead atoms. The molecule has 0 saturated carbocycles. The molecule has 0 aromatic heterocycles.